The first kappa shape index (κ1) is 25.2. The van der Waals surface area contributed by atoms with E-state index in [-0.39, 0.29) is 43.5 Å². The molecule has 1 aliphatic rings. The molecule has 1 aromatic carbocycles. The van der Waals surface area contributed by atoms with E-state index in [0.29, 0.717) is 17.7 Å². The number of benzene rings is 1. The van der Waals surface area contributed by atoms with Gasteiger partial charge in [-0.25, -0.2) is 0 Å². The summed E-state index contributed by atoms with van der Waals surface area (Å²) >= 11 is 0. The highest BCUT2D eigenvalue weighted by Gasteiger charge is 2.45. The number of nitrogens with one attached hydrogen (secondary N) is 1. The largest absolute Gasteiger partial charge is 0.485 e. The summed E-state index contributed by atoms with van der Waals surface area (Å²) in [7, 11) is 1.77. The van der Waals surface area contributed by atoms with Crippen molar-refractivity contribution in [3.05, 3.63) is 24.0 Å². The van der Waals surface area contributed by atoms with E-state index in [9.17, 15) is 25.2 Å². The van der Waals surface area contributed by atoms with Crippen molar-refractivity contribution < 1.29 is 48.6 Å². The molecule has 5 N–H and O–H groups in total. The van der Waals surface area contributed by atoms with E-state index < -0.39 is 37.3 Å². The van der Waals surface area contributed by atoms with Crippen molar-refractivity contribution in [1.82, 2.24) is 5.32 Å². The third-order valence-electron chi connectivity index (χ3n) is 5.31. The van der Waals surface area contributed by atoms with Gasteiger partial charge in [0.25, 0.3) is 0 Å². The number of esters is 1. The Morgan fingerprint density at radius 2 is 1.97 bits per heavy atom. The average Bonchev–Trinajstić information content (AvgIpc) is 3.27. The molecule has 1 fully saturated rings. The number of carbonyl (C=O) groups is 1. The van der Waals surface area contributed by atoms with Crippen LogP contribution in [-0.2, 0) is 20.7 Å². The number of likely N-dealkylation sites (N-methyl/N-ethyl adjacent to an activating group) is 1. The normalized spacial score (nSPS) is 25.2. The maximum atomic E-state index is 12.0. The Bertz CT molecular complexity index is 914. The first-order valence-corrected chi connectivity index (χ1v) is 10.8. The van der Waals surface area contributed by atoms with Crippen LogP contribution in [0.3, 0.4) is 0 Å². The topological polar surface area (TPSA) is 160 Å². The predicted octanol–water partition coefficient (Wildman–Crippen LogP) is -0.295. The van der Waals surface area contributed by atoms with Gasteiger partial charge in [0.1, 0.15) is 31.0 Å². The Labute approximate surface area is 190 Å². The zero-order valence-electron chi connectivity index (χ0n) is 18.6. The number of hydrogen-bond donors (Lipinski definition) is 5. The number of aryl methyl sites for hydroxylation is 1. The molecule has 3 rings (SSSR count). The minimum absolute atomic E-state index is 0.0677. The second kappa shape index (κ2) is 11.6. The Balaban J connectivity index is 1.99. The fourth-order valence-corrected chi connectivity index (χ4v) is 3.57. The zero-order chi connectivity index (χ0) is 24.0. The van der Waals surface area contributed by atoms with Gasteiger partial charge in [0.2, 0.25) is 12.0 Å². The van der Waals surface area contributed by atoms with E-state index in [1.807, 2.05) is 0 Å². The quantitative estimate of drug-likeness (QED) is 0.217. The molecule has 2 heterocycles. The van der Waals surface area contributed by atoms with Crippen LogP contribution in [0, 0.1) is 0 Å². The van der Waals surface area contributed by atoms with Crippen molar-refractivity contribution in [3.63, 3.8) is 0 Å². The van der Waals surface area contributed by atoms with Gasteiger partial charge < -0.3 is 49.1 Å². The molecule has 0 unspecified atom stereocenters. The zero-order valence-corrected chi connectivity index (χ0v) is 18.6. The van der Waals surface area contributed by atoms with Crippen LogP contribution in [0.2, 0.25) is 0 Å². The first-order valence-electron chi connectivity index (χ1n) is 10.8. The molecular formula is C22H31NO10. The Hall–Kier alpha value is -2.41. The van der Waals surface area contributed by atoms with Crippen molar-refractivity contribution in [3.8, 4) is 11.5 Å². The third-order valence-corrected chi connectivity index (χ3v) is 5.31. The van der Waals surface area contributed by atoms with Crippen LogP contribution in [0.1, 0.15) is 18.9 Å². The molecule has 184 valence electrons. The van der Waals surface area contributed by atoms with E-state index in [2.05, 4.69) is 5.32 Å². The third kappa shape index (κ3) is 5.75. The Morgan fingerprint density at radius 1 is 1.18 bits per heavy atom. The number of rotatable bonds is 11. The molecule has 0 bridgehead atoms. The predicted molar refractivity (Wildman–Crippen MR) is 115 cm³/mol. The summed E-state index contributed by atoms with van der Waals surface area (Å²) in [6.45, 7) is 2.17. The van der Waals surface area contributed by atoms with Crippen LogP contribution >= 0.6 is 0 Å². The monoisotopic (exact) mass is 469 g/mol. The summed E-state index contributed by atoms with van der Waals surface area (Å²) in [4.78, 5) is 12.0. The molecule has 0 saturated carbocycles. The highest BCUT2D eigenvalue weighted by molar-refractivity contribution is 5.87. The minimum Gasteiger partial charge on any atom is -0.485 e. The SMILES string of the molecule is CCOC(=O)CCc1cc2ccoc2c(OCCNC)c1O[C@@H]1O[C@H](CO)[C@@H](O)[C@H](O)[C@H]1O. The summed E-state index contributed by atoms with van der Waals surface area (Å²) in [5.41, 5.74) is 0.957. The molecule has 1 aromatic heterocycles. The van der Waals surface area contributed by atoms with Gasteiger partial charge in [-0.2, -0.15) is 0 Å². The van der Waals surface area contributed by atoms with Gasteiger partial charge in [-0.1, -0.05) is 0 Å². The molecule has 0 amide bonds. The van der Waals surface area contributed by atoms with Gasteiger partial charge in [-0.05, 0) is 38.1 Å². The fraction of sp³-hybridized carbons (Fsp3) is 0.591. The van der Waals surface area contributed by atoms with E-state index in [1.165, 1.54) is 6.26 Å². The maximum Gasteiger partial charge on any atom is 0.306 e. The van der Waals surface area contributed by atoms with Gasteiger partial charge in [-0.15, -0.1) is 0 Å². The molecule has 0 spiro atoms. The van der Waals surface area contributed by atoms with Crippen molar-refractivity contribution in [2.75, 3.05) is 33.4 Å². The van der Waals surface area contributed by atoms with E-state index in [4.69, 9.17) is 23.4 Å². The Kier molecular flexibility index (Phi) is 8.89. The van der Waals surface area contributed by atoms with Gasteiger partial charge in [-0.3, -0.25) is 4.79 Å². The molecule has 2 aromatic rings. The fourth-order valence-electron chi connectivity index (χ4n) is 3.57. The first-order chi connectivity index (χ1) is 15.9. The smallest absolute Gasteiger partial charge is 0.306 e. The molecule has 11 nitrogen and oxygen atoms in total. The van der Waals surface area contributed by atoms with E-state index in [1.54, 1.807) is 26.1 Å². The van der Waals surface area contributed by atoms with Crippen LogP contribution in [0.25, 0.3) is 11.0 Å². The summed E-state index contributed by atoms with van der Waals surface area (Å²) in [5, 5.41) is 43.8. The van der Waals surface area contributed by atoms with Crippen LogP contribution in [0.15, 0.2) is 22.8 Å². The van der Waals surface area contributed by atoms with Crippen molar-refractivity contribution in [2.24, 2.45) is 0 Å². The molecule has 11 heteroatoms. The molecule has 5 atom stereocenters. The molecule has 1 saturated heterocycles. The van der Waals surface area contributed by atoms with Crippen molar-refractivity contribution in [1.29, 1.82) is 0 Å². The standard InChI is InChI=1S/C22H31NO10/c1-3-29-15(25)5-4-12-10-13-6-8-30-19(13)21(31-9-7-23-2)20(12)33-22-18(28)17(27)16(26)14(11-24)32-22/h6,8,10,14,16-18,22-24,26-28H,3-5,7,9,11H2,1-2H3/t14-,16-,17+,18-,22+/m1/s1. The summed E-state index contributed by atoms with van der Waals surface area (Å²) < 4.78 is 28.0. The molecule has 0 radical (unpaired) electrons. The summed E-state index contributed by atoms with van der Waals surface area (Å²) in [6.07, 6.45) is -5.52. The minimum atomic E-state index is -1.61. The number of aliphatic hydroxyl groups excluding tert-OH is 4. The number of fused-ring (bicyclic) bond motifs is 1. The highest BCUT2D eigenvalue weighted by Crippen LogP contribution is 2.42. The van der Waals surface area contributed by atoms with E-state index >= 15 is 0 Å². The molecule has 1 aliphatic heterocycles. The molecular weight excluding hydrogens is 438 g/mol. The summed E-state index contributed by atoms with van der Waals surface area (Å²) in [6, 6.07) is 3.51. The van der Waals surface area contributed by atoms with Gasteiger partial charge in [0.05, 0.1) is 19.5 Å². The van der Waals surface area contributed by atoms with Crippen LogP contribution in [-0.4, -0.2) is 90.5 Å². The lowest BCUT2D eigenvalue weighted by molar-refractivity contribution is -0.277. The number of ether oxygens (including phenoxy) is 4. The van der Waals surface area contributed by atoms with Crippen molar-refractivity contribution in [2.45, 2.75) is 50.5 Å². The number of carbonyl (C=O) groups excluding carboxylic acids is 1. The maximum absolute atomic E-state index is 12.0. The highest BCUT2D eigenvalue weighted by atomic mass is 16.7. The summed E-state index contributed by atoms with van der Waals surface area (Å²) in [5.74, 6) is 0.00647. The van der Waals surface area contributed by atoms with Crippen LogP contribution < -0.4 is 14.8 Å². The second-order valence-corrected chi connectivity index (χ2v) is 7.61. The average molecular weight is 469 g/mol. The Morgan fingerprint density at radius 3 is 2.67 bits per heavy atom. The van der Waals surface area contributed by atoms with Gasteiger partial charge >= 0.3 is 5.97 Å². The van der Waals surface area contributed by atoms with E-state index in [0.717, 1.165) is 5.39 Å². The van der Waals surface area contributed by atoms with Crippen LogP contribution in [0.4, 0.5) is 0 Å². The lowest BCUT2D eigenvalue weighted by Crippen LogP contribution is -2.60. The lowest BCUT2D eigenvalue weighted by Gasteiger charge is -2.39. The van der Waals surface area contributed by atoms with Gasteiger partial charge in [0, 0.05) is 18.4 Å². The number of aliphatic hydroxyl groups is 4. The van der Waals surface area contributed by atoms with Gasteiger partial charge in [0.15, 0.2) is 11.3 Å². The molecule has 33 heavy (non-hydrogen) atoms. The van der Waals surface area contributed by atoms with Crippen molar-refractivity contribution >= 4 is 16.9 Å². The molecule has 0 aliphatic carbocycles. The van der Waals surface area contributed by atoms with Crippen LogP contribution in [0.5, 0.6) is 11.5 Å². The number of furan rings is 1. The lowest BCUT2D eigenvalue weighted by atomic mass is 9.99. The number of hydrogen-bond acceptors (Lipinski definition) is 11. The second-order valence-electron chi connectivity index (χ2n) is 7.61.